The average molecular weight is 447 g/mol. The maximum absolute atomic E-state index is 13.4. The van der Waals surface area contributed by atoms with Gasteiger partial charge < -0.3 is 9.64 Å². The summed E-state index contributed by atoms with van der Waals surface area (Å²) in [6, 6.07) is 25.9. The van der Waals surface area contributed by atoms with Crippen molar-refractivity contribution in [1.29, 1.82) is 0 Å². The van der Waals surface area contributed by atoms with Crippen LogP contribution in [-0.4, -0.2) is 55.7 Å². The molecule has 0 bridgehead atoms. The van der Waals surface area contributed by atoms with Crippen LogP contribution >= 0.6 is 0 Å². The number of piperazine rings is 1. The first-order chi connectivity index (χ1) is 16.2. The Hall–Kier alpha value is -2.53. The first kappa shape index (κ1) is 23.6. The van der Waals surface area contributed by atoms with E-state index in [1.54, 1.807) is 0 Å². The first-order valence-corrected chi connectivity index (χ1v) is 12.1. The van der Waals surface area contributed by atoms with Gasteiger partial charge in [0.25, 0.3) is 0 Å². The lowest BCUT2D eigenvalue weighted by Crippen LogP contribution is -2.47. The maximum Gasteiger partial charge on any atom is 0.123 e. The normalized spacial score (nSPS) is 16.1. The van der Waals surface area contributed by atoms with Crippen LogP contribution in [0.4, 0.5) is 4.39 Å². The van der Waals surface area contributed by atoms with Crippen molar-refractivity contribution in [2.45, 2.75) is 25.9 Å². The third-order valence-electron chi connectivity index (χ3n) is 6.49. The zero-order valence-electron chi connectivity index (χ0n) is 19.6. The second kappa shape index (κ2) is 12.1. The molecule has 174 valence electrons. The number of hydrogen-bond acceptors (Lipinski definition) is 3. The lowest BCUT2D eigenvalue weighted by Gasteiger charge is -2.35. The van der Waals surface area contributed by atoms with Gasteiger partial charge in [0.1, 0.15) is 11.9 Å². The molecule has 1 fully saturated rings. The summed E-state index contributed by atoms with van der Waals surface area (Å²) in [6.45, 7) is 9.23. The molecular formula is C29H35FN2O. The summed E-state index contributed by atoms with van der Waals surface area (Å²) in [7, 11) is 0. The van der Waals surface area contributed by atoms with Crippen molar-refractivity contribution in [2.24, 2.45) is 0 Å². The quantitative estimate of drug-likeness (QED) is 0.410. The molecule has 1 aliphatic rings. The van der Waals surface area contributed by atoms with Gasteiger partial charge in [-0.3, -0.25) is 4.90 Å². The largest absolute Gasteiger partial charge is 0.367 e. The van der Waals surface area contributed by atoms with E-state index in [9.17, 15) is 4.39 Å². The SMILES string of the molecule is Cc1ccc(C(OCCN2CCN(CCCc3ccccc3)CC2)c2ccc(F)cc2)cc1. The minimum atomic E-state index is -0.219. The van der Waals surface area contributed by atoms with Crippen LogP contribution in [0.2, 0.25) is 0 Å². The molecule has 4 rings (SSSR count). The van der Waals surface area contributed by atoms with E-state index in [1.165, 1.54) is 36.2 Å². The van der Waals surface area contributed by atoms with E-state index in [0.29, 0.717) is 6.61 Å². The highest BCUT2D eigenvalue weighted by Gasteiger charge is 2.19. The molecule has 3 aromatic rings. The molecule has 1 unspecified atom stereocenters. The Balaban J connectivity index is 1.22. The molecule has 0 N–H and O–H groups in total. The summed E-state index contributed by atoms with van der Waals surface area (Å²) in [6.07, 6.45) is 2.19. The third kappa shape index (κ3) is 7.23. The molecular weight excluding hydrogens is 411 g/mol. The lowest BCUT2D eigenvalue weighted by atomic mass is 10.0. The minimum Gasteiger partial charge on any atom is -0.367 e. The van der Waals surface area contributed by atoms with Gasteiger partial charge in [-0.05, 0) is 55.1 Å². The van der Waals surface area contributed by atoms with Crippen LogP contribution in [0, 0.1) is 12.7 Å². The summed E-state index contributed by atoms with van der Waals surface area (Å²) in [5.41, 5.74) is 4.75. The highest BCUT2D eigenvalue weighted by molar-refractivity contribution is 5.32. The fraction of sp³-hybridized carbons (Fsp3) is 0.379. The lowest BCUT2D eigenvalue weighted by molar-refractivity contribution is 0.0451. The zero-order chi connectivity index (χ0) is 22.9. The average Bonchev–Trinajstić information content (AvgIpc) is 2.85. The number of ether oxygens (including phenoxy) is 1. The van der Waals surface area contributed by atoms with Crippen LogP contribution in [0.3, 0.4) is 0 Å². The summed E-state index contributed by atoms with van der Waals surface area (Å²) < 4.78 is 19.8. The molecule has 1 heterocycles. The van der Waals surface area contributed by atoms with E-state index < -0.39 is 0 Å². The summed E-state index contributed by atoms with van der Waals surface area (Å²) in [5, 5.41) is 0. The van der Waals surface area contributed by atoms with E-state index >= 15 is 0 Å². The highest BCUT2D eigenvalue weighted by atomic mass is 19.1. The van der Waals surface area contributed by atoms with Gasteiger partial charge in [0.2, 0.25) is 0 Å². The number of benzene rings is 3. The molecule has 0 amide bonds. The van der Waals surface area contributed by atoms with Crippen molar-refractivity contribution in [3.05, 3.63) is 107 Å². The van der Waals surface area contributed by atoms with Gasteiger partial charge in [0.15, 0.2) is 0 Å². The Morgan fingerprint density at radius 2 is 1.33 bits per heavy atom. The van der Waals surface area contributed by atoms with E-state index in [1.807, 2.05) is 12.1 Å². The monoisotopic (exact) mass is 446 g/mol. The van der Waals surface area contributed by atoms with Crippen molar-refractivity contribution in [3.8, 4) is 0 Å². The molecule has 1 atom stereocenters. The van der Waals surface area contributed by atoms with Gasteiger partial charge in [-0.25, -0.2) is 4.39 Å². The predicted octanol–water partition coefficient (Wildman–Crippen LogP) is 5.49. The van der Waals surface area contributed by atoms with Crippen LogP contribution in [-0.2, 0) is 11.2 Å². The molecule has 33 heavy (non-hydrogen) atoms. The summed E-state index contributed by atoms with van der Waals surface area (Å²) >= 11 is 0. The number of hydrogen-bond donors (Lipinski definition) is 0. The van der Waals surface area contributed by atoms with Gasteiger partial charge in [-0.1, -0.05) is 72.3 Å². The summed E-state index contributed by atoms with van der Waals surface area (Å²) in [5.74, 6) is -0.219. The molecule has 4 heteroatoms. The van der Waals surface area contributed by atoms with E-state index in [2.05, 4.69) is 71.3 Å². The van der Waals surface area contributed by atoms with Crippen LogP contribution in [0.5, 0.6) is 0 Å². The number of halogens is 1. The summed E-state index contributed by atoms with van der Waals surface area (Å²) in [4.78, 5) is 5.07. The molecule has 0 aliphatic carbocycles. The van der Waals surface area contributed by atoms with E-state index in [-0.39, 0.29) is 11.9 Å². The van der Waals surface area contributed by atoms with E-state index in [0.717, 1.165) is 50.3 Å². The molecule has 0 saturated carbocycles. The molecule has 1 saturated heterocycles. The van der Waals surface area contributed by atoms with Crippen LogP contribution in [0.1, 0.15) is 34.8 Å². The fourth-order valence-electron chi connectivity index (χ4n) is 4.45. The molecule has 0 spiro atoms. The Morgan fingerprint density at radius 3 is 1.97 bits per heavy atom. The van der Waals surface area contributed by atoms with Crippen molar-refractivity contribution in [3.63, 3.8) is 0 Å². The van der Waals surface area contributed by atoms with Crippen LogP contribution < -0.4 is 0 Å². The van der Waals surface area contributed by atoms with Gasteiger partial charge in [-0.2, -0.15) is 0 Å². The number of nitrogens with zero attached hydrogens (tertiary/aromatic N) is 2. The maximum atomic E-state index is 13.4. The van der Waals surface area contributed by atoms with Crippen LogP contribution in [0.25, 0.3) is 0 Å². The Bertz CT molecular complexity index is 906. The number of aryl methyl sites for hydroxylation is 2. The van der Waals surface area contributed by atoms with Gasteiger partial charge in [-0.15, -0.1) is 0 Å². The van der Waals surface area contributed by atoms with Crippen molar-refractivity contribution < 1.29 is 9.13 Å². The van der Waals surface area contributed by atoms with Gasteiger partial charge in [0, 0.05) is 32.7 Å². The smallest absolute Gasteiger partial charge is 0.123 e. The first-order valence-electron chi connectivity index (χ1n) is 12.1. The minimum absolute atomic E-state index is 0.175. The zero-order valence-corrected chi connectivity index (χ0v) is 19.6. The molecule has 0 radical (unpaired) electrons. The predicted molar refractivity (Wildman–Crippen MR) is 133 cm³/mol. The molecule has 0 aromatic heterocycles. The second-order valence-corrected chi connectivity index (χ2v) is 8.99. The Labute approximate surface area is 197 Å². The Kier molecular flexibility index (Phi) is 8.65. The molecule has 3 nitrogen and oxygen atoms in total. The third-order valence-corrected chi connectivity index (χ3v) is 6.49. The van der Waals surface area contributed by atoms with Gasteiger partial charge >= 0.3 is 0 Å². The Morgan fingerprint density at radius 1 is 0.758 bits per heavy atom. The second-order valence-electron chi connectivity index (χ2n) is 8.99. The topological polar surface area (TPSA) is 15.7 Å². The molecule has 1 aliphatic heterocycles. The number of rotatable bonds is 10. The van der Waals surface area contributed by atoms with Crippen molar-refractivity contribution >= 4 is 0 Å². The van der Waals surface area contributed by atoms with Crippen molar-refractivity contribution in [2.75, 3.05) is 45.9 Å². The van der Waals surface area contributed by atoms with E-state index in [4.69, 9.17) is 4.74 Å². The molecule has 3 aromatic carbocycles. The van der Waals surface area contributed by atoms with Crippen molar-refractivity contribution in [1.82, 2.24) is 9.80 Å². The van der Waals surface area contributed by atoms with Crippen LogP contribution in [0.15, 0.2) is 78.9 Å². The highest BCUT2D eigenvalue weighted by Crippen LogP contribution is 2.26. The fourth-order valence-corrected chi connectivity index (χ4v) is 4.45. The standard InChI is InChI=1S/C29H35FN2O/c1-24-9-11-26(12-10-24)29(27-13-15-28(30)16-14-27)33-23-22-32-20-18-31(19-21-32)17-5-8-25-6-3-2-4-7-25/h2-4,6-7,9-16,29H,5,8,17-23H2,1H3. The van der Waals surface area contributed by atoms with Gasteiger partial charge in [0.05, 0.1) is 6.61 Å².